The second-order valence-electron chi connectivity index (χ2n) is 4.22. The van der Waals surface area contributed by atoms with Gasteiger partial charge in [0.15, 0.2) is 4.34 Å². The molecule has 0 aliphatic carbocycles. The van der Waals surface area contributed by atoms with Gasteiger partial charge in [0, 0.05) is 24.0 Å². The number of benzene rings is 1. The van der Waals surface area contributed by atoms with Crippen molar-refractivity contribution >= 4 is 29.0 Å². The van der Waals surface area contributed by atoms with Crippen LogP contribution in [0.1, 0.15) is 13.8 Å². The molecule has 3 nitrogen and oxygen atoms in total. The Labute approximate surface area is 128 Å². The first-order valence-electron chi connectivity index (χ1n) is 6.66. The summed E-state index contributed by atoms with van der Waals surface area (Å²) in [5.41, 5.74) is 2.10. The van der Waals surface area contributed by atoms with Crippen LogP contribution >= 0.6 is 23.1 Å². The lowest BCUT2D eigenvalue weighted by molar-refractivity contribution is -0.127. The van der Waals surface area contributed by atoms with Crippen molar-refractivity contribution in [3.8, 4) is 11.3 Å². The van der Waals surface area contributed by atoms with Gasteiger partial charge in [0.1, 0.15) is 0 Å². The number of rotatable bonds is 6. The lowest BCUT2D eigenvalue weighted by Gasteiger charge is -2.17. The zero-order chi connectivity index (χ0) is 14.4. The van der Waals surface area contributed by atoms with Crippen molar-refractivity contribution < 1.29 is 4.79 Å². The Balaban J connectivity index is 1.95. The summed E-state index contributed by atoms with van der Waals surface area (Å²) < 4.78 is 0.948. The zero-order valence-corrected chi connectivity index (χ0v) is 13.3. The molecule has 0 fully saturated rings. The van der Waals surface area contributed by atoms with Crippen LogP contribution in [0, 0.1) is 0 Å². The first kappa shape index (κ1) is 15.1. The normalized spacial score (nSPS) is 10.5. The Morgan fingerprint density at radius 2 is 1.95 bits per heavy atom. The van der Waals surface area contributed by atoms with E-state index in [0.717, 1.165) is 28.7 Å². The average molecular weight is 306 g/mol. The standard InChI is InChI=1S/C15H18N2OS2/c1-3-17(4-2)14(18)11-20-15-16-13(10-19-15)12-8-6-5-7-9-12/h5-10H,3-4,11H2,1-2H3. The van der Waals surface area contributed by atoms with Gasteiger partial charge in [0.2, 0.25) is 5.91 Å². The van der Waals surface area contributed by atoms with Crippen LogP contribution in [0.25, 0.3) is 11.3 Å². The number of hydrogen-bond donors (Lipinski definition) is 0. The molecule has 2 aromatic rings. The monoisotopic (exact) mass is 306 g/mol. The minimum absolute atomic E-state index is 0.177. The number of thiazole rings is 1. The molecule has 106 valence electrons. The van der Waals surface area contributed by atoms with E-state index >= 15 is 0 Å². The number of carbonyl (C=O) groups is 1. The third kappa shape index (κ3) is 3.84. The molecule has 0 N–H and O–H groups in total. The van der Waals surface area contributed by atoms with Gasteiger partial charge in [-0.05, 0) is 13.8 Å². The molecule has 5 heteroatoms. The van der Waals surface area contributed by atoms with Gasteiger partial charge in [-0.25, -0.2) is 4.98 Å². The predicted molar refractivity (Wildman–Crippen MR) is 86.2 cm³/mol. The van der Waals surface area contributed by atoms with Gasteiger partial charge in [-0.3, -0.25) is 4.79 Å². The lowest BCUT2D eigenvalue weighted by Crippen LogP contribution is -2.31. The Hall–Kier alpha value is -1.33. The molecule has 0 saturated heterocycles. The van der Waals surface area contributed by atoms with E-state index in [-0.39, 0.29) is 5.91 Å². The van der Waals surface area contributed by atoms with Crippen LogP contribution in [-0.4, -0.2) is 34.6 Å². The Morgan fingerprint density at radius 3 is 2.60 bits per heavy atom. The highest BCUT2D eigenvalue weighted by molar-refractivity contribution is 8.01. The highest BCUT2D eigenvalue weighted by Gasteiger charge is 2.11. The van der Waals surface area contributed by atoms with Gasteiger partial charge in [0.25, 0.3) is 0 Å². The van der Waals surface area contributed by atoms with E-state index in [1.807, 2.05) is 54.5 Å². The predicted octanol–water partition coefficient (Wildman–Crippen LogP) is 3.77. The number of amides is 1. The maximum absolute atomic E-state index is 11.9. The number of aromatic nitrogens is 1. The van der Waals surface area contributed by atoms with Crippen LogP contribution in [0.3, 0.4) is 0 Å². The largest absolute Gasteiger partial charge is 0.343 e. The molecule has 0 atom stereocenters. The van der Waals surface area contributed by atoms with Crippen LogP contribution in [0.15, 0.2) is 40.1 Å². The minimum atomic E-state index is 0.177. The quantitative estimate of drug-likeness (QED) is 0.762. The van der Waals surface area contributed by atoms with E-state index in [1.165, 1.54) is 11.8 Å². The van der Waals surface area contributed by atoms with Crippen molar-refractivity contribution in [1.82, 2.24) is 9.88 Å². The van der Waals surface area contributed by atoms with E-state index < -0.39 is 0 Å². The average Bonchev–Trinajstić information content (AvgIpc) is 2.96. The molecule has 0 spiro atoms. The van der Waals surface area contributed by atoms with Gasteiger partial charge in [0.05, 0.1) is 11.4 Å². The fraction of sp³-hybridized carbons (Fsp3) is 0.333. The molecule has 2 rings (SSSR count). The number of carbonyl (C=O) groups excluding carboxylic acids is 1. The second kappa shape index (κ2) is 7.45. The van der Waals surface area contributed by atoms with Crippen molar-refractivity contribution in [2.45, 2.75) is 18.2 Å². The summed E-state index contributed by atoms with van der Waals surface area (Å²) in [4.78, 5) is 18.4. The van der Waals surface area contributed by atoms with Gasteiger partial charge < -0.3 is 4.90 Å². The molecular weight excluding hydrogens is 288 g/mol. The van der Waals surface area contributed by atoms with E-state index in [4.69, 9.17) is 0 Å². The van der Waals surface area contributed by atoms with E-state index in [2.05, 4.69) is 4.98 Å². The molecular formula is C15H18N2OS2. The molecule has 0 radical (unpaired) electrons. The van der Waals surface area contributed by atoms with E-state index in [0.29, 0.717) is 5.75 Å². The number of thioether (sulfide) groups is 1. The summed E-state index contributed by atoms with van der Waals surface area (Å²) in [5, 5.41) is 2.04. The maximum Gasteiger partial charge on any atom is 0.232 e. The van der Waals surface area contributed by atoms with Crippen molar-refractivity contribution in [2.75, 3.05) is 18.8 Å². The van der Waals surface area contributed by atoms with Gasteiger partial charge in [-0.2, -0.15) is 0 Å². The van der Waals surface area contributed by atoms with E-state index in [1.54, 1.807) is 11.3 Å². The summed E-state index contributed by atoms with van der Waals surface area (Å²) in [5.74, 6) is 0.639. The van der Waals surface area contributed by atoms with Gasteiger partial charge in [-0.15, -0.1) is 11.3 Å². The van der Waals surface area contributed by atoms with E-state index in [9.17, 15) is 4.79 Å². The smallest absolute Gasteiger partial charge is 0.232 e. The zero-order valence-electron chi connectivity index (χ0n) is 11.7. The molecule has 1 heterocycles. The third-order valence-electron chi connectivity index (χ3n) is 2.99. The fourth-order valence-electron chi connectivity index (χ4n) is 1.86. The molecule has 20 heavy (non-hydrogen) atoms. The molecule has 0 bridgehead atoms. The molecule has 0 saturated carbocycles. The van der Waals surface area contributed by atoms with Gasteiger partial charge >= 0.3 is 0 Å². The summed E-state index contributed by atoms with van der Waals surface area (Å²) >= 11 is 3.11. The lowest BCUT2D eigenvalue weighted by atomic mass is 10.2. The molecule has 1 amide bonds. The molecule has 1 aromatic heterocycles. The maximum atomic E-state index is 11.9. The van der Waals surface area contributed by atoms with Crippen molar-refractivity contribution in [2.24, 2.45) is 0 Å². The summed E-state index contributed by atoms with van der Waals surface area (Å²) in [6.45, 7) is 5.54. The Bertz CT molecular complexity index is 550. The molecule has 0 aliphatic heterocycles. The van der Waals surface area contributed by atoms with Crippen LogP contribution in [-0.2, 0) is 4.79 Å². The minimum Gasteiger partial charge on any atom is -0.343 e. The summed E-state index contributed by atoms with van der Waals surface area (Å²) in [7, 11) is 0. The van der Waals surface area contributed by atoms with Crippen molar-refractivity contribution in [1.29, 1.82) is 0 Å². The van der Waals surface area contributed by atoms with Crippen LogP contribution < -0.4 is 0 Å². The molecule has 1 aromatic carbocycles. The Morgan fingerprint density at radius 1 is 1.25 bits per heavy atom. The fourth-order valence-corrected chi connectivity index (χ4v) is 3.59. The SMILES string of the molecule is CCN(CC)C(=O)CSc1nc(-c2ccccc2)cs1. The first-order chi connectivity index (χ1) is 9.74. The highest BCUT2D eigenvalue weighted by atomic mass is 32.2. The van der Waals surface area contributed by atoms with Crippen molar-refractivity contribution in [3.05, 3.63) is 35.7 Å². The third-order valence-corrected chi connectivity index (χ3v) is 4.99. The molecule has 0 aliphatic rings. The summed E-state index contributed by atoms with van der Waals surface area (Å²) in [6.07, 6.45) is 0. The topological polar surface area (TPSA) is 33.2 Å². The van der Waals surface area contributed by atoms with Gasteiger partial charge in [-0.1, -0.05) is 42.1 Å². The summed E-state index contributed by atoms with van der Waals surface area (Å²) in [6, 6.07) is 10.1. The van der Waals surface area contributed by atoms with Crippen LogP contribution in [0.5, 0.6) is 0 Å². The Kier molecular flexibility index (Phi) is 5.61. The van der Waals surface area contributed by atoms with Crippen LogP contribution in [0.2, 0.25) is 0 Å². The van der Waals surface area contributed by atoms with Crippen LogP contribution in [0.4, 0.5) is 0 Å². The first-order valence-corrected chi connectivity index (χ1v) is 8.52. The number of hydrogen-bond acceptors (Lipinski definition) is 4. The number of nitrogens with zero attached hydrogens (tertiary/aromatic N) is 2. The second-order valence-corrected chi connectivity index (χ2v) is 6.30. The highest BCUT2D eigenvalue weighted by Crippen LogP contribution is 2.28. The van der Waals surface area contributed by atoms with Crippen molar-refractivity contribution in [3.63, 3.8) is 0 Å². The molecule has 0 unspecified atom stereocenters.